The fraction of sp³-hybridized carbons (Fsp3) is 0.438. The lowest BCUT2D eigenvalue weighted by Gasteiger charge is -2.11. The molecule has 0 bridgehead atoms. The number of amides is 2. The van der Waals surface area contributed by atoms with Gasteiger partial charge in [-0.05, 0) is 37.5 Å². The largest absolute Gasteiger partial charge is 0.354 e. The van der Waals surface area contributed by atoms with Crippen LogP contribution >= 0.6 is 11.3 Å². The van der Waals surface area contributed by atoms with Gasteiger partial charge in [0.1, 0.15) is 0 Å². The predicted octanol–water partition coefficient (Wildman–Crippen LogP) is 3.10. The average molecular weight is 319 g/mol. The smallest absolute Gasteiger partial charge is 0.223 e. The van der Waals surface area contributed by atoms with Gasteiger partial charge in [-0.25, -0.2) is 4.98 Å². The summed E-state index contributed by atoms with van der Waals surface area (Å²) in [5.74, 6) is -0.0429. The lowest BCUT2D eigenvalue weighted by atomic mass is 10.1. The van der Waals surface area contributed by atoms with Crippen molar-refractivity contribution in [3.63, 3.8) is 0 Å². The summed E-state index contributed by atoms with van der Waals surface area (Å²) in [6, 6.07) is 6.17. The second-order valence-electron chi connectivity index (χ2n) is 5.38. The van der Waals surface area contributed by atoms with Crippen molar-refractivity contribution in [3.05, 3.63) is 23.8 Å². The third-order valence-electron chi connectivity index (χ3n) is 3.40. The first-order chi connectivity index (χ1) is 10.5. The van der Waals surface area contributed by atoms with Gasteiger partial charge in [0.05, 0.1) is 10.2 Å². The van der Waals surface area contributed by atoms with Gasteiger partial charge in [-0.1, -0.05) is 24.3 Å². The standard InChI is InChI=1S/C16H21N3O2S/c1-4-10(2)17-15(21)8-6-12-5-7-13-14(9-12)22-16(19-13)18-11(3)20/h5,7,9-10H,4,6,8H2,1-3H3,(H,17,21)(H,18,19,20)/t10-/m1/s1. The van der Waals surface area contributed by atoms with E-state index >= 15 is 0 Å². The number of benzene rings is 1. The monoisotopic (exact) mass is 319 g/mol. The van der Waals surface area contributed by atoms with Crippen LogP contribution in [0.3, 0.4) is 0 Å². The zero-order valence-electron chi connectivity index (χ0n) is 13.1. The van der Waals surface area contributed by atoms with E-state index in [1.165, 1.54) is 18.3 Å². The van der Waals surface area contributed by atoms with Crippen molar-refractivity contribution in [2.24, 2.45) is 0 Å². The number of nitrogens with zero attached hydrogens (tertiary/aromatic N) is 1. The minimum absolute atomic E-state index is 0.0812. The lowest BCUT2D eigenvalue weighted by molar-refractivity contribution is -0.121. The molecule has 5 nitrogen and oxygen atoms in total. The highest BCUT2D eigenvalue weighted by Crippen LogP contribution is 2.27. The molecule has 0 saturated carbocycles. The second kappa shape index (κ2) is 7.35. The van der Waals surface area contributed by atoms with Crippen LogP contribution in [0.5, 0.6) is 0 Å². The molecule has 2 N–H and O–H groups in total. The number of thiazole rings is 1. The SMILES string of the molecule is CC[C@@H](C)NC(=O)CCc1ccc2nc(NC(C)=O)sc2c1. The van der Waals surface area contributed by atoms with E-state index in [2.05, 4.69) is 22.5 Å². The summed E-state index contributed by atoms with van der Waals surface area (Å²) in [6.45, 7) is 5.52. The summed E-state index contributed by atoms with van der Waals surface area (Å²) in [5.41, 5.74) is 1.96. The third kappa shape index (κ3) is 4.53. The number of rotatable bonds is 6. The Morgan fingerprint density at radius 2 is 2.14 bits per heavy atom. The minimum atomic E-state index is -0.124. The Kier molecular flexibility index (Phi) is 5.49. The zero-order valence-corrected chi connectivity index (χ0v) is 13.9. The van der Waals surface area contributed by atoms with Crippen molar-refractivity contribution in [3.8, 4) is 0 Å². The molecule has 0 unspecified atom stereocenters. The predicted molar refractivity (Wildman–Crippen MR) is 90.1 cm³/mol. The molecule has 2 aromatic rings. The summed E-state index contributed by atoms with van der Waals surface area (Å²) < 4.78 is 1.02. The molecule has 0 aliphatic rings. The number of nitrogens with one attached hydrogen (secondary N) is 2. The normalized spacial score (nSPS) is 12.1. The molecule has 0 radical (unpaired) electrons. The van der Waals surface area contributed by atoms with Crippen LogP contribution in [-0.2, 0) is 16.0 Å². The number of carbonyl (C=O) groups excluding carboxylic acids is 2. The van der Waals surface area contributed by atoms with E-state index in [1.54, 1.807) is 0 Å². The summed E-state index contributed by atoms with van der Waals surface area (Å²) in [6.07, 6.45) is 2.11. The average Bonchev–Trinajstić information content (AvgIpc) is 2.85. The molecule has 0 saturated heterocycles. The molecule has 2 amide bonds. The molecule has 1 aromatic carbocycles. The highest BCUT2D eigenvalue weighted by atomic mass is 32.1. The molecule has 2 rings (SSSR count). The van der Waals surface area contributed by atoms with E-state index < -0.39 is 0 Å². The van der Waals surface area contributed by atoms with Gasteiger partial charge in [-0.3, -0.25) is 9.59 Å². The number of fused-ring (bicyclic) bond motifs is 1. The van der Waals surface area contributed by atoms with Crippen LogP contribution in [0.4, 0.5) is 5.13 Å². The summed E-state index contributed by atoms with van der Waals surface area (Å²) in [5, 5.41) is 6.27. The van der Waals surface area contributed by atoms with Gasteiger partial charge in [0.2, 0.25) is 11.8 Å². The molecule has 1 aromatic heterocycles. The van der Waals surface area contributed by atoms with Crippen LogP contribution in [0.2, 0.25) is 0 Å². The number of hydrogen-bond acceptors (Lipinski definition) is 4. The maximum Gasteiger partial charge on any atom is 0.223 e. The Morgan fingerprint density at radius 1 is 1.36 bits per heavy atom. The Bertz CT molecular complexity index is 681. The fourth-order valence-corrected chi connectivity index (χ4v) is 3.01. The van der Waals surface area contributed by atoms with Crippen molar-refractivity contribution in [2.75, 3.05) is 5.32 Å². The molecule has 0 fully saturated rings. The number of hydrogen-bond donors (Lipinski definition) is 2. The van der Waals surface area contributed by atoms with E-state index in [1.807, 2.05) is 25.1 Å². The number of carbonyl (C=O) groups is 2. The first-order valence-corrected chi connectivity index (χ1v) is 8.26. The molecule has 0 spiro atoms. The second-order valence-corrected chi connectivity index (χ2v) is 6.41. The highest BCUT2D eigenvalue weighted by Gasteiger charge is 2.08. The summed E-state index contributed by atoms with van der Waals surface area (Å²) >= 11 is 1.44. The van der Waals surface area contributed by atoms with E-state index in [-0.39, 0.29) is 17.9 Å². The Morgan fingerprint density at radius 3 is 2.82 bits per heavy atom. The van der Waals surface area contributed by atoms with E-state index in [4.69, 9.17) is 0 Å². The van der Waals surface area contributed by atoms with Crippen LogP contribution in [0.1, 0.15) is 39.2 Å². The quantitative estimate of drug-likeness (QED) is 0.859. The number of aromatic nitrogens is 1. The molecule has 22 heavy (non-hydrogen) atoms. The van der Waals surface area contributed by atoms with Crippen LogP contribution in [-0.4, -0.2) is 22.8 Å². The summed E-state index contributed by atoms with van der Waals surface area (Å²) in [7, 11) is 0. The fourth-order valence-electron chi connectivity index (χ4n) is 2.04. The van der Waals surface area contributed by atoms with Gasteiger partial charge < -0.3 is 10.6 Å². The van der Waals surface area contributed by atoms with Crippen LogP contribution in [0.15, 0.2) is 18.2 Å². The van der Waals surface area contributed by atoms with E-state index in [9.17, 15) is 9.59 Å². The van der Waals surface area contributed by atoms with Crippen LogP contribution < -0.4 is 10.6 Å². The van der Waals surface area contributed by atoms with Crippen molar-refractivity contribution in [1.29, 1.82) is 0 Å². The van der Waals surface area contributed by atoms with Crippen molar-refractivity contribution in [1.82, 2.24) is 10.3 Å². The number of aryl methyl sites for hydroxylation is 1. The summed E-state index contributed by atoms with van der Waals surface area (Å²) in [4.78, 5) is 27.2. The molecule has 118 valence electrons. The molecule has 0 aliphatic heterocycles. The molecular weight excluding hydrogens is 298 g/mol. The van der Waals surface area contributed by atoms with Gasteiger partial charge in [0, 0.05) is 19.4 Å². The minimum Gasteiger partial charge on any atom is -0.354 e. The van der Waals surface area contributed by atoms with Crippen LogP contribution in [0, 0.1) is 0 Å². The van der Waals surface area contributed by atoms with Gasteiger partial charge in [-0.2, -0.15) is 0 Å². The van der Waals surface area contributed by atoms with Crippen LogP contribution in [0.25, 0.3) is 10.2 Å². The van der Waals surface area contributed by atoms with Crippen molar-refractivity contribution >= 4 is 38.5 Å². The van der Waals surface area contributed by atoms with Gasteiger partial charge >= 0.3 is 0 Å². The Balaban J connectivity index is 2.00. The van der Waals surface area contributed by atoms with Crippen molar-refractivity contribution in [2.45, 2.75) is 46.1 Å². The topological polar surface area (TPSA) is 71.1 Å². The first kappa shape index (κ1) is 16.4. The third-order valence-corrected chi connectivity index (χ3v) is 4.33. The van der Waals surface area contributed by atoms with E-state index in [0.717, 1.165) is 22.2 Å². The van der Waals surface area contributed by atoms with Gasteiger partial charge in [0.15, 0.2) is 5.13 Å². The van der Waals surface area contributed by atoms with Gasteiger partial charge in [0.25, 0.3) is 0 Å². The highest BCUT2D eigenvalue weighted by molar-refractivity contribution is 7.22. The Labute approximate surface area is 134 Å². The van der Waals surface area contributed by atoms with Gasteiger partial charge in [-0.15, -0.1) is 0 Å². The Hall–Kier alpha value is -1.95. The molecule has 1 atom stereocenters. The number of anilines is 1. The molecule has 1 heterocycles. The maximum atomic E-state index is 11.8. The first-order valence-electron chi connectivity index (χ1n) is 7.44. The maximum absolute atomic E-state index is 11.8. The zero-order chi connectivity index (χ0) is 16.1. The molecule has 0 aliphatic carbocycles. The molecule has 6 heteroatoms. The lowest BCUT2D eigenvalue weighted by Crippen LogP contribution is -2.31. The van der Waals surface area contributed by atoms with E-state index in [0.29, 0.717) is 18.0 Å². The molecular formula is C16H21N3O2S. The van der Waals surface area contributed by atoms with Crippen molar-refractivity contribution < 1.29 is 9.59 Å².